The van der Waals surface area contributed by atoms with Gasteiger partial charge < -0.3 is 10.2 Å². The number of aliphatic imine (C=N–C) groups is 1. The molecule has 0 radical (unpaired) electrons. The van der Waals surface area contributed by atoms with Crippen molar-refractivity contribution in [2.45, 2.75) is 39.0 Å². The van der Waals surface area contributed by atoms with Crippen molar-refractivity contribution in [3.8, 4) is 0 Å². The summed E-state index contributed by atoms with van der Waals surface area (Å²) in [6.07, 6.45) is 2.49. The minimum atomic E-state index is -3.23. The maximum absolute atomic E-state index is 11.6. The molecule has 140 valence electrons. The number of nitrogens with zero attached hydrogens (tertiary/aromatic N) is 2. The summed E-state index contributed by atoms with van der Waals surface area (Å²) in [5, 5.41) is 3.38. The number of nitrogens with one attached hydrogen (secondary N) is 2. The van der Waals surface area contributed by atoms with Crippen LogP contribution >= 0.6 is 0 Å². The number of benzene rings is 1. The van der Waals surface area contributed by atoms with Crippen molar-refractivity contribution in [2.75, 3.05) is 26.7 Å². The molecule has 7 heteroatoms. The molecule has 0 saturated carbocycles. The van der Waals surface area contributed by atoms with Crippen molar-refractivity contribution < 1.29 is 8.42 Å². The van der Waals surface area contributed by atoms with Crippen LogP contribution in [0.1, 0.15) is 37.8 Å². The highest BCUT2D eigenvalue weighted by atomic mass is 32.2. The molecule has 25 heavy (non-hydrogen) atoms. The summed E-state index contributed by atoms with van der Waals surface area (Å²) in [6.45, 7) is 7.91. The van der Waals surface area contributed by atoms with Gasteiger partial charge in [0.15, 0.2) is 5.96 Å². The average Bonchev–Trinajstić information content (AvgIpc) is 2.59. The molecule has 1 unspecified atom stereocenters. The van der Waals surface area contributed by atoms with Gasteiger partial charge in [0.05, 0.1) is 12.3 Å². The van der Waals surface area contributed by atoms with Crippen LogP contribution in [0, 0.1) is 5.92 Å². The predicted molar refractivity (Wildman–Crippen MR) is 103 cm³/mol. The lowest BCUT2D eigenvalue weighted by atomic mass is 10.0. The lowest BCUT2D eigenvalue weighted by Crippen LogP contribution is -2.46. The Bertz CT molecular complexity index is 671. The van der Waals surface area contributed by atoms with Gasteiger partial charge in [-0.3, -0.25) is 0 Å². The molecule has 6 nitrogen and oxygen atoms in total. The summed E-state index contributed by atoms with van der Waals surface area (Å²) in [5.41, 5.74) is 1.85. The topological polar surface area (TPSA) is 73.8 Å². The fourth-order valence-electron chi connectivity index (χ4n) is 3.01. The Labute approximate surface area is 151 Å². The van der Waals surface area contributed by atoms with Crippen LogP contribution in [0.3, 0.4) is 0 Å². The first-order chi connectivity index (χ1) is 11.9. The molecule has 2 N–H and O–H groups in total. The van der Waals surface area contributed by atoms with Crippen LogP contribution in [0.15, 0.2) is 29.3 Å². The van der Waals surface area contributed by atoms with Crippen molar-refractivity contribution in [2.24, 2.45) is 10.9 Å². The Hall–Kier alpha value is -1.60. The van der Waals surface area contributed by atoms with Crippen LogP contribution in [-0.2, 0) is 22.3 Å². The summed E-state index contributed by atoms with van der Waals surface area (Å²) in [4.78, 5) is 7.10. The molecule has 0 aliphatic carbocycles. The highest BCUT2D eigenvalue weighted by molar-refractivity contribution is 7.88. The maximum atomic E-state index is 11.6. The number of guanidine groups is 1. The molecule has 1 aromatic carbocycles. The predicted octanol–water partition coefficient (Wildman–Crippen LogP) is 1.93. The molecule has 0 aromatic heterocycles. The Morgan fingerprint density at radius 1 is 1.28 bits per heavy atom. The van der Waals surface area contributed by atoms with Gasteiger partial charge in [-0.2, -0.15) is 0 Å². The van der Waals surface area contributed by atoms with Crippen LogP contribution < -0.4 is 10.0 Å². The normalized spacial score (nSPS) is 19.1. The molecule has 1 aliphatic heterocycles. The van der Waals surface area contributed by atoms with E-state index in [1.807, 2.05) is 24.3 Å². The Morgan fingerprint density at radius 3 is 2.56 bits per heavy atom. The number of hydrogen-bond acceptors (Lipinski definition) is 3. The average molecular weight is 367 g/mol. The third kappa shape index (κ3) is 6.32. The largest absolute Gasteiger partial charge is 0.357 e. The second-order valence-corrected chi connectivity index (χ2v) is 8.57. The number of sulfonamides is 1. The summed E-state index contributed by atoms with van der Waals surface area (Å²) < 4.78 is 25.5. The zero-order valence-corrected chi connectivity index (χ0v) is 16.3. The minimum absolute atomic E-state index is 0.00134. The van der Waals surface area contributed by atoms with E-state index in [9.17, 15) is 8.42 Å². The SMILES string of the molecule is CCNC(=NCc1ccc(CS(=O)(=O)NC)cc1)N1CCCC(C)C1. The first kappa shape index (κ1) is 19.7. The first-order valence-electron chi connectivity index (χ1n) is 8.96. The molecule has 0 amide bonds. The number of likely N-dealkylation sites (tertiary alicyclic amines) is 1. The van der Waals surface area contributed by atoms with Crippen molar-refractivity contribution in [3.63, 3.8) is 0 Å². The highest BCUT2D eigenvalue weighted by Crippen LogP contribution is 2.16. The summed E-state index contributed by atoms with van der Waals surface area (Å²) in [7, 11) is -1.80. The van der Waals surface area contributed by atoms with E-state index < -0.39 is 10.0 Å². The zero-order chi connectivity index (χ0) is 18.3. The fourth-order valence-corrected chi connectivity index (χ4v) is 3.78. The fraction of sp³-hybridized carbons (Fsp3) is 0.611. The summed E-state index contributed by atoms with van der Waals surface area (Å²) in [5.74, 6) is 1.67. The van der Waals surface area contributed by atoms with E-state index in [1.54, 1.807) is 0 Å². The van der Waals surface area contributed by atoms with E-state index in [0.717, 1.165) is 36.7 Å². The Morgan fingerprint density at radius 2 is 1.96 bits per heavy atom. The lowest BCUT2D eigenvalue weighted by molar-refractivity contribution is 0.266. The van der Waals surface area contributed by atoms with E-state index in [-0.39, 0.29) is 5.75 Å². The van der Waals surface area contributed by atoms with Gasteiger partial charge >= 0.3 is 0 Å². The number of rotatable bonds is 6. The van der Waals surface area contributed by atoms with E-state index in [0.29, 0.717) is 12.5 Å². The molecule has 1 aromatic rings. The van der Waals surface area contributed by atoms with Crippen LogP contribution in [0.2, 0.25) is 0 Å². The third-order valence-electron chi connectivity index (χ3n) is 4.39. The van der Waals surface area contributed by atoms with Crippen molar-refractivity contribution in [3.05, 3.63) is 35.4 Å². The monoisotopic (exact) mass is 366 g/mol. The molecule has 1 saturated heterocycles. The molecule has 0 bridgehead atoms. The first-order valence-corrected chi connectivity index (χ1v) is 10.6. The third-order valence-corrected chi connectivity index (χ3v) is 5.73. The van der Waals surface area contributed by atoms with Gasteiger partial charge in [-0.1, -0.05) is 31.2 Å². The molecule has 1 fully saturated rings. The van der Waals surface area contributed by atoms with Crippen LogP contribution in [0.4, 0.5) is 0 Å². The van der Waals surface area contributed by atoms with E-state index in [4.69, 9.17) is 4.99 Å². The molecule has 2 rings (SSSR count). The molecular weight excluding hydrogens is 336 g/mol. The van der Waals surface area contributed by atoms with Gasteiger partial charge in [0.1, 0.15) is 0 Å². The van der Waals surface area contributed by atoms with E-state index in [2.05, 4.69) is 28.8 Å². The molecule has 1 heterocycles. The Balaban J connectivity index is 2.02. The van der Waals surface area contributed by atoms with E-state index in [1.165, 1.54) is 19.9 Å². The summed E-state index contributed by atoms with van der Waals surface area (Å²) >= 11 is 0. The van der Waals surface area contributed by atoms with Gasteiger partial charge in [0.25, 0.3) is 0 Å². The molecule has 0 spiro atoms. The quantitative estimate of drug-likeness (QED) is 0.596. The number of hydrogen-bond donors (Lipinski definition) is 2. The highest BCUT2D eigenvalue weighted by Gasteiger charge is 2.19. The standard InChI is InChI=1S/C18H30N4O2S/c1-4-20-18(22-11-5-6-15(2)13-22)21-12-16-7-9-17(10-8-16)14-25(23,24)19-3/h7-10,15,19H,4-6,11-14H2,1-3H3,(H,20,21). The second kappa shape index (κ2) is 9.20. The smallest absolute Gasteiger partial charge is 0.215 e. The number of piperidine rings is 1. The lowest BCUT2D eigenvalue weighted by Gasteiger charge is -2.33. The van der Waals surface area contributed by atoms with Gasteiger partial charge in [-0.15, -0.1) is 0 Å². The molecular formula is C18H30N4O2S. The maximum Gasteiger partial charge on any atom is 0.215 e. The van der Waals surface area contributed by atoms with Crippen LogP contribution in [0.25, 0.3) is 0 Å². The zero-order valence-electron chi connectivity index (χ0n) is 15.5. The minimum Gasteiger partial charge on any atom is -0.357 e. The molecule has 1 atom stereocenters. The Kier molecular flexibility index (Phi) is 7.25. The van der Waals surface area contributed by atoms with Crippen molar-refractivity contribution in [1.29, 1.82) is 0 Å². The van der Waals surface area contributed by atoms with Gasteiger partial charge in [0.2, 0.25) is 10.0 Å². The van der Waals surface area contributed by atoms with Gasteiger partial charge in [-0.25, -0.2) is 18.1 Å². The van der Waals surface area contributed by atoms with Gasteiger partial charge in [0, 0.05) is 19.6 Å². The van der Waals surface area contributed by atoms with Crippen molar-refractivity contribution in [1.82, 2.24) is 14.9 Å². The van der Waals surface area contributed by atoms with Crippen molar-refractivity contribution >= 4 is 16.0 Å². The van der Waals surface area contributed by atoms with Gasteiger partial charge in [-0.05, 0) is 43.9 Å². The second-order valence-electron chi connectivity index (χ2n) is 6.64. The summed E-state index contributed by atoms with van der Waals surface area (Å²) in [6, 6.07) is 7.62. The van der Waals surface area contributed by atoms with Crippen LogP contribution in [-0.4, -0.2) is 46.0 Å². The van der Waals surface area contributed by atoms with E-state index >= 15 is 0 Å². The molecule has 1 aliphatic rings. The van der Waals surface area contributed by atoms with Crippen LogP contribution in [0.5, 0.6) is 0 Å².